The standard InChI is InChI=1S/C15H13Br2N3O/c16-13-6-10(1-3-18)7-14(17)15(13)21-9-11-2-4-20-12(5-11)8-19/h2,4-7H,1,3,9,18H2. The molecule has 0 aliphatic carbocycles. The Morgan fingerprint density at radius 1 is 1.19 bits per heavy atom. The Morgan fingerprint density at radius 3 is 2.52 bits per heavy atom. The molecule has 6 heteroatoms. The maximum absolute atomic E-state index is 8.84. The second-order valence-electron chi connectivity index (χ2n) is 4.38. The molecule has 2 rings (SSSR count). The summed E-state index contributed by atoms with van der Waals surface area (Å²) in [6, 6.07) is 9.55. The van der Waals surface area contributed by atoms with Gasteiger partial charge in [0.05, 0.1) is 8.95 Å². The van der Waals surface area contributed by atoms with Crippen LogP contribution >= 0.6 is 31.9 Å². The Kier molecular flexibility index (Phi) is 5.74. The maximum Gasteiger partial charge on any atom is 0.148 e. The van der Waals surface area contributed by atoms with Crippen molar-refractivity contribution in [2.45, 2.75) is 13.0 Å². The largest absolute Gasteiger partial charge is 0.487 e. The fourth-order valence-corrected chi connectivity index (χ4v) is 3.35. The minimum absolute atomic E-state index is 0.366. The molecule has 21 heavy (non-hydrogen) atoms. The van der Waals surface area contributed by atoms with Gasteiger partial charge in [-0.25, -0.2) is 4.98 Å². The van der Waals surface area contributed by atoms with Crippen LogP contribution in [0.3, 0.4) is 0 Å². The summed E-state index contributed by atoms with van der Waals surface area (Å²) in [6.07, 6.45) is 2.42. The van der Waals surface area contributed by atoms with E-state index in [0.717, 1.165) is 32.2 Å². The Morgan fingerprint density at radius 2 is 1.90 bits per heavy atom. The van der Waals surface area contributed by atoms with Gasteiger partial charge in [0.2, 0.25) is 0 Å². The van der Waals surface area contributed by atoms with Crippen molar-refractivity contribution in [2.24, 2.45) is 5.73 Å². The lowest BCUT2D eigenvalue weighted by Crippen LogP contribution is -2.03. The van der Waals surface area contributed by atoms with Gasteiger partial charge < -0.3 is 10.5 Å². The van der Waals surface area contributed by atoms with E-state index in [0.29, 0.717) is 18.8 Å². The van der Waals surface area contributed by atoms with Crippen LogP contribution in [0.5, 0.6) is 5.75 Å². The lowest BCUT2D eigenvalue weighted by Gasteiger charge is -2.12. The molecule has 0 saturated heterocycles. The molecule has 1 aromatic carbocycles. The number of hydrogen-bond acceptors (Lipinski definition) is 4. The van der Waals surface area contributed by atoms with E-state index in [9.17, 15) is 0 Å². The third-order valence-electron chi connectivity index (χ3n) is 2.81. The van der Waals surface area contributed by atoms with Gasteiger partial charge in [0.15, 0.2) is 0 Å². The monoisotopic (exact) mass is 409 g/mol. The molecule has 0 aliphatic heterocycles. The van der Waals surface area contributed by atoms with Gasteiger partial charge in [-0.15, -0.1) is 0 Å². The maximum atomic E-state index is 8.84. The Labute approximate surface area is 140 Å². The molecule has 1 heterocycles. The highest BCUT2D eigenvalue weighted by molar-refractivity contribution is 9.11. The van der Waals surface area contributed by atoms with Crippen molar-refractivity contribution < 1.29 is 4.74 Å². The summed E-state index contributed by atoms with van der Waals surface area (Å²) in [5.41, 5.74) is 7.98. The molecule has 2 N–H and O–H groups in total. The second-order valence-corrected chi connectivity index (χ2v) is 6.09. The molecule has 2 aromatic rings. The summed E-state index contributed by atoms with van der Waals surface area (Å²) in [5, 5.41) is 8.84. The average Bonchev–Trinajstić information content (AvgIpc) is 2.47. The van der Waals surface area contributed by atoms with Crippen LogP contribution in [0.1, 0.15) is 16.8 Å². The van der Waals surface area contributed by atoms with Crippen LogP contribution in [0.15, 0.2) is 39.4 Å². The summed E-state index contributed by atoms with van der Waals surface area (Å²) in [4.78, 5) is 3.93. The molecule has 0 amide bonds. The number of pyridine rings is 1. The number of rotatable bonds is 5. The molecule has 0 atom stereocenters. The van der Waals surface area contributed by atoms with Crippen molar-refractivity contribution in [1.82, 2.24) is 4.98 Å². The van der Waals surface area contributed by atoms with Gasteiger partial charge >= 0.3 is 0 Å². The molecule has 0 bridgehead atoms. The molecule has 0 spiro atoms. The lowest BCUT2D eigenvalue weighted by molar-refractivity contribution is 0.302. The molecule has 0 saturated carbocycles. The zero-order valence-electron chi connectivity index (χ0n) is 11.1. The average molecular weight is 411 g/mol. The molecule has 0 aliphatic rings. The van der Waals surface area contributed by atoms with Gasteiger partial charge in [-0.2, -0.15) is 5.26 Å². The van der Waals surface area contributed by atoms with E-state index >= 15 is 0 Å². The smallest absolute Gasteiger partial charge is 0.148 e. The van der Waals surface area contributed by atoms with Crippen LogP contribution in [0, 0.1) is 11.3 Å². The first kappa shape index (κ1) is 16.0. The van der Waals surface area contributed by atoms with Gasteiger partial charge in [0.1, 0.15) is 24.1 Å². The van der Waals surface area contributed by atoms with Gasteiger partial charge in [-0.1, -0.05) is 0 Å². The topological polar surface area (TPSA) is 71.9 Å². The van der Waals surface area contributed by atoms with Crippen molar-refractivity contribution in [3.63, 3.8) is 0 Å². The first-order valence-electron chi connectivity index (χ1n) is 6.30. The van der Waals surface area contributed by atoms with E-state index in [-0.39, 0.29) is 0 Å². The van der Waals surface area contributed by atoms with Crippen molar-refractivity contribution in [3.8, 4) is 11.8 Å². The third kappa shape index (κ3) is 4.27. The van der Waals surface area contributed by atoms with E-state index in [4.69, 9.17) is 15.7 Å². The fourth-order valence-electron chi connectivity index (χ4n) is 1.84. The van der Waals surface area contributed by atoms with Gasteiger partial charge in [-0.3, -0.25) is 0 Å². The first-order chi connectivity index (χ1) is 10.1. The highest BCUT2D eigenvalue weighted by atomic mass is 79.9. The SMILES string of the molecule is N#Cc1cc(COc2c(Br)cc(CCN)cc2Br)ccn1. The summed E-state index contributed by atoms with van der Waals surface area (Å²) in [7, 11) is 0. The number of nitrogens with two attached hydrogens (primary N) is 1. The molecule has 0 radical (unpaired) electrons. The number of nitrogens with zero attached hydrogens (tertiary/aromatic N) is 2. The Hall–Kier alpha value is -1.42. The van der Waals surface area contributed by atoms with Crippen LogP contribution < -0.4 is 10.5 Å². The van der Waals surface area contributed by atoms with Crippen LogP contribution in [-0.4, -0.2) is 11.5 Å². The third-order valence-corrected chi connectivity index (χ3v) is 3.99. The van der Waals surface area contributed by atoms with Crippen molar-refractivity contribution >= 4 is 31.9 Å². The number of aromatic nitrogens is 1. The fraction of sp³-hybridized carbons (Fsp3) is 0.200. The summed E-state index contributed by atoms with van der Waals surface area (Å²) < 4.78 is 7.56. The Bertz CT molecular complexity index is 660. The molecule has 108 valence electrons. The molecular weight excluding hydrogens is 398 g/mol. The van der Waals surface area contributed by atoms with Crippen LogP contribution in [0.4, 0.5) is 0 Å². The van der Waals surface area contributed by atoms with E-state index in [1.165, 1.54) is 0 Å². The zero-order chi connectivity index (χ0) is 15.2. The van der Waals surface area contributed by atoms with Gasteiger partial charge in [-0.05, 0) is 80.2 Å². The number of nitriles is 1. The summed E-state index contributed by atoms with van der Waals surface area (Å²) >= 11 is 7.02. The van der Waals surface area contributed by atoms with E-state index < -0.39 is 0 Å². The molecule has 0 unspecified atom stereocenters. The van der Waals surface area contributed by atoms with Crippen LogP contribution in [0.2, 0.25) is 0 Å². The quantitative estimate of drug-likeness (QED) is 0.817. The first-order valence-corrected chi connectivity index (χ1v) is 7.88. The second kappa shape index (κ2) is 7.55. The number of ether oxygens (including phenoxy) is 1. The van der Waals surface area contributed by atoms with E-state index in [1.54, 1.807) is 12.3 Å². The van der Waals surface area contributed by atoms with E-state index in [2.05, 4.69) is 36.8 Å². The molecule has 4 nitrogen and oxygen atoms in total. The number of halogens is 2. The number of benzene rings is 1. The predicted octanol–water partition coefficient (Wildman–Crippen LogP) is 3.56. The molecule has 0 fully saturated rings. The highest BCUT2D eigenvalue weighted by Crippen LogP contribution is 2.35. The minimum Gasteiger partial charge on any atom is -0.487 e. The van der Waals surface area contributed by atoms with Gasteiger partial charge in [0, 0.05) is 6.20 Å². The molecule has 1 aromatic heterocycles. The van der Waals surface area contributed by atoms with Crippen molar-refractivity contribution in [2.75, 3.05) is 6.54 Å². The van der Waals surface area contributed by atoms with E-state index in [1.807, 2.05) is 24.3 Å². The van der Waals surface area contributed by atoms with Gasteiger partial charge in [0.25, 0.3) is 0 Å². The summed E-state index contributed by atoms with van der Waals surface area (Å²) in [5.74, 6) is 0.728. The van der Waals surface area contributed by atoms with Crippen molar-refractivity contribution in [1.29, 1.82) is 5.26 Å². The minimum atomic E-state index is 0.366. The predicted molar refractivity (Wildman–Crippen MR) is 87.9 cm³/mol. The summed E-state index contributed by atoms with van der Waals surface area (Å²) in [6.45, 7) is 0.970. The van der Waals surface area contributed by atoms with Crippen LogP contribution in [-0.2, 0) is 13.0 Å². The Balaban J connectivity index is 2.14. The van der Waals surface area contributed by atoms with Crippen molar-refractivity contribution in [3.05, 3.63) is 56.2 Å². The van der Waals surface area contributed by atoms with Crippen LogP contribution in [0.25, 0.3) is 0 Å². The zero-order valence-corrected chi connectivity index (χ0v) is 14.3. The number of hydrogen-bond donors (Lipinski definition) is 1. The highest BCUT2D eigenvalue weighted by Gasteiger charge is 2.09. The molecular formula is C15H13Br2N3O. The lowest BCUT2D eigenvalue weighted by atomic mass is 10.1. The normalized spacial score (nSPS) is 10.2.